The Morgan fingerprint density at radius 1 is 1.33 bits per heavy atom. The Morgan fingerprint density at radius 3 is 2.62 bits per heavy atom. The van der Waals surface area contributed by atoms with Crippen molar-refractivity contribution in [3.63, 3.8) is 0 Å². The second-order valence-electron chi connectivity index (χ2n) is 3.95. The number of nitrogens with one attached hydrogen (secondary N) is 1. The summed E-state index contributed by atoms with van der Waals surface area (Å²) in [5.74, 6) is 0. The molecule has 0 saturated carbocycles. The Balaban J connectivity index is 2.47. The number of alkyl halides is 3. The summed E-state index contributed by atoms with van der Waals surface area (Å²) in [4.78, 5) is 21.1. The molecule has 0 radical (unpaired) electrons. The molecule has 0 amide bonds. The van der Waals surface area contributed by atoms with Crippen molar-refractivity contribution in [3.8, 4) is 6.07 Å². The Labute approximate surface area is 120 Å². The van der Waals surface area contributed by atoms with Gasteiger partial charge in [-0.2, -0.15) is 18.4 Å². The highest BCUT2D eigenvalue weighted by molar-refractivity contribution is 7.99. The number of H-pyrrole nitrogens is 1. The molecule has 2 heterocycles. The largest absolute Gasteiger partial charge is 0.433 e. The second kappa shape index (κ2) is 5.57. The van der Waals surface area contributed by atoms with Crippen molar-refractivity contribution in [1.29, 1.82) is 5.26 Å². The molecule has 2 aromatic rings. The number of pyridine rings is 1. The van der Waals surface area contributed by atoms with Crippen LogP contribution in [0.1, 0.15) is 17.0 Å². The first-order valence-electron chi connectivity index (χ1n) is 5.54. The minimum Gasteiger partial charge on any atom is -0.301 e. The van der Waals surface area contributed by atoms with Crippen LogP contribution in [0.4, 0.5) is 13.2 Å². The first kappa shape index (κ1) is 15.1. The van der Waals surface area contributed by atoms with Crippen LogP contribution in [0.2, 0.25) is 0 Å². The summed E-state index contributed by atoms with van der Waals surface area (Å²) in [6.07, 6.45) is -4.61. The first-order valence-corrected chi connectivity index (χ1v) is 6.35. The van der Waals surface area contributed by atoms with Gasteiger partial charge in [-0.15, -0.1) is 0 Å². The van der Waals surface area contributed by atoms with E-state index in [4.69, 9.17) is 5.26 Å². The lowest BCUT2D eigenvalue weighted by molar-refractivity contribution is -0.141. The number of aromatic amines is 1. The SMILES string of the molecule is Cc1cc(=O)[nH]c(Sc2nc(C(F)(F)F)ccc2C#N)n1. The topological polar surface area (TPSA) is 82.4 Å². The summed E-state index contributed by atoms with van der Waals surface area (Å²) in [5.41, 5.74) is -1.17. The number of hydrogen-bond donors (Lipinski definition) is 1. The smallest absolute Gasteiger partial charge is 0.301 e. The molecular formula is C12H7F3N4OS. The van der Waals surface area contributed by atoms with Gasteiger partial charge in [-0.3, -0.25) is 4.79 Å². The van der Waals surface area contributed by atoms with Crippen molar-refractivity contribution in [1.82, 2.24) is 15.0 Å². The molecule has 1 N–H and O–H groups in total. The van der Waals surface area contributed by atoms with Gasteiger partial charge in [0.25, 0.3) is 5.56 Å². The van der Waals surface area contributed by atoms with E-state index in [1.807, 2.05) is 0 Å². The number of rotatable bonds is 2. The standard InChI is InChI=1S/C12H7F3N4OS/c1-6-4-9(20)19-11(17-6)21-10-7(5-16)2-3-8(18-10)12(13,14)15/h2-4H,1H3,(H,17,19,20). The van der Waals surface area contributed by atoms with Gasteiger partial charge in [0.1, 0.15) is 16.8 Å². The van der Waals surface area contributed by atoms with Crippen LogP contribution < -0.4 is 5.56 Å². The summed E-state index contributed by atoms with van der Waals surface area (Å²) in [7, 11) is 0. The quantitative estimate of drug-likeness (QED) is 0.862. The van der Waals surface area contributed by atoms with Gasteiger partial charge in [-0.25, -0.2) is 9.97 Å². The van der Waals surface area contributed by atoms with Crippen LogP contribution in [0.3, 0.4) is 0 Å². The van der Waals surface area contributed by atoms with Crippen LogP contribution in [0, 0.1) is 18.3 Å². The van der Waals surface area contributed by atoms with Gasteiger partial charge in [0.05, 0.1) is 5.56 Å². The molecule has 5 nitrogen and oxygen atoms in total. The Kier molecular flexibility index (Phi) is 3.99. The van der Waals surface area contributed by atoms with Crippen molar-refractivity contribution in [3.05, 3.63) is 45.5 Å². The van der Waals surface area contributed by atoms with Gasteiger partial charge in [0, 0.05) is 11.8 Å². The van der Waals surface area contributed by atoms with E-state index >= 15 is 0 Å². The number of halogens is 3. The number of aryl methyl sites for hydroxylation is 1. The van der Waals surface area contributed by atoms with E-state index < -0.39 is 17.4 Å². The zero-order chi connectivity index (χ0) is 15.6. The highest BCUT2D eigenvalue weighted by Crippen LogP contribution is 2.32. The van der Waals surface area contributed by atoms with Gasteiger partial charge in [-0.05, 0) is 30.8 Å². The molecule has 0 aliphatic carbocycles. The Bertz CT molecular complexity index is 779. The van der Waals surface area contributed by atoms with Crippen molar-refractivity contribution >= 4 is 11.8 Å². The monoisotopic (exact) mass is 312 g/mol. The van der Waals surface area contributed by atoms with E-state index in [2.05, 4.69) is 15.0 Å². The average molecular weight is 312 g/mol. The fourth-order valence-electron chi connectivity index (χ4n) is 1.45. The van der Waals surface area contributed by atoms with E-state index in [1.54, 1.807) is 13.0 Å². The minimum atomic E-state index is -4.61. The zero-order valence-corrected chi connectivity index (χ0v) is 11.3. The number of hydrogen-bond acceptors (Lipinski definition) is 5. The molecule has 0 atom stereocenters. The molecule has 2 rings (SSSR count). The third-order valence-electron chi connectivity index (χ3n) is 2.31. The second-order valence-corrected chi connectivity index (χ2v) is 4.93. The van der Waals surface area contributed by atoms with Gasteiger partial charge >= 0.3 is 6.18 Å². The molecule has 0 unspecified atom stereocenters. The summed E-state index contributed by atoms with van der Waals surface area (Å²) in [5, 5.41) is 8.83. The maximum atomic E-state index is 12.6. The van der Waals surface area contributed by atoms with Gasteiger partial charge in [0.15, 0.2) is 5.16 Å². The zero-order valence-electron chi connectivity index (χ0n) is 10.5. The van der Waals surface area contributed by atoms with E-state index in [-0.39, 0.29) is 15.7 Å². The Morgan fingerprint density at radius 2 is 2.05 bits per heavy atom. The lowest BCUT2D eigenvalue weighted by atomic mass is 10.2. The number of nitrogens with zero attached hydrogens (tertiary/aromatic N) is 3. The predicted molar refractivity (Wildman–Crippen MR) is 67.7 cm³/mol. The highest BCUT2D eigenvalue weighted by atomic mass is 32.2. The molecular weight excluding hydrogens is 305 g/mol. The van der Waals surface area contributed by atoms with Crippen LogP contribution >= 0.6 is 11.8 Å². The lowest BCUT2D eigenvalue weighted by Gasteiger charge is -2.08. The lowest BCUT2D eigenvalue weighted by Crippen LogP contribution is -2.10. The summed E-state index contributed by atoms with van der Waals surface area (Å²) < 4.78 is 37.9. The van der Waals surface area contributed by atoms with E-state index in [9.17, 15) is 18.0 Å². The molecule has 0 aliphatic heterocycles. The van der Waals surface area contributed by atoms with Crippen molar-refractivity contribution in [2.24, 2.45) is 0 Å². The molecule has 0 saturated heterocycles. The van der Waals surface area contributed by atoms with Crippen LogP contribution in [-0.4, -0.2) is 15.0 Å². The predicted octanol–water partition coefficient (Wildman–Crippen LogP) is 2.52. The van der Waals surface area contributed by atoms with Crippen molar-refractivity contribution in [2.45, 2.75) is 23.3 Å². The molecule has 21 heavy (non-hydrogen) atoms. The molecule has 9 heteroatoms. The van der Waals surface area contributed by atoms with Gasteiger partial charge < -0.3 is 4.98 Å². The maximum absolute atomic E-state index is 12.6. The van der Waals surface area contributed by atoms with Gasteiger partial charge in [0.2, 0.25) is 0 Å². The molecule has 0 fully saturated rings. The fourth-order valence-corrected chi connectivity index (χ4v) is 2.34. The first-order chi connectivity index (χ1) is 9.79. The summed E-state index contributed by atoms with van der Waals surface area (Å²) >= 11 is 0.697. The van der Waals surface area contributed by atoms with Crippen molar-refractivity contribution in [2.75, 3.05) is 0 Å². The summed E-state index contributed by atoms with van der Waals surface area (Å²) in [6, 6.07) is 4.76. The molecule has 0 bridgehead atoms. The van der Waals surface area contributed by atoms with E-state index in [0.29, 0.717) is 17.5 Å². The average Bonchev–Trinajstić information content (AvgIpc) is 2.36. The normalized spacial score (nSPS) is 11.2. The van der Waals surface area contributed by atoms with Gasteiger partial charge in [-0.1, -0.05) is 0 Å². The third-order valence-corrected chi connectivity index (χ3v) is 3.20. The van der Waals surface area contributed by atoms with Crippen LogP contribution in [0.5, 0.6) is 0 Å². The number of aromatic nitrogens is 3. The molecule has 0 aliphatic rings. The van der Waals surface area contributed by atoms with Crippen LogP contribution in [-0.2, 0) is 6.18 Å². The van der Waals surface area contributed by atoms with Crippen LogP contribution in [0.25, 0.3) is 0 Å². The Hall–Kier alpha value is -2.34. The summed E-state index contributed by atoms with van der Waals surface area (Å²) in [6.45, 7) is 1.57. The molecule has 0 aromatic carbocycles. The third kappa shape index (κ3) is 3.61. The fraction of sp³-hybridized carbons (Fsp3) is 0.167. The van der Waals surface area contributed by atoms with Crippen LogP contribution in [0.15, 0.2) is 33.2 Å². The molecule has 108 valence electrons. The van der Waals surface area contributed by atoms with E-state index in [1.165, 1.54) is 6.07 Å². The van der Waals surface area contributed by atoms with Crippen molar-refractivity contribution < 1.29 is 13.2 Å². The highest BCUT2D eigenvalue weighted by Gasteiger charge is 2.33. The molecule has 2 aromatic heterocycles. The minimum absolute atomic E-state index is 0.0304. The van der Waals surface area contributed by atoms with E-state index in [0.717, 1.165) is 12.1 Å². The molecule has 0 spiro atoms. The number of nitriles is 1. The maximum Gasteiger partial charge on any atom is 0.433 e.